The third kappa shape index (κ3) is 2.73. The van der Waals surface area contributed by atoms with E-state index in [1.165, 1.54) is 37.8 Å². The first-order chi connectivity index (χ1) is 12.6. The van der Waals surface area contributed by atoms with Gasteiger partial charge in [0.2, 0.25) is 0 Å². The van der Waals surface area contributed by atoms with Crippen molar-refractivity contribution >= 4 is 17.0 Å². The van der Waals surface area contributed by atoms with Crippen molar-refractivity contribution < 1.29 is 4.39 Å². The van der Waals surface area contributed by atoms with E-state index in [9.17, 15) is 4.39 Å². The number of aromatic nitrogens is 4. The number of anilines is 1. The van der Waals surface area contributed by atoms with E-state index in [1.54, 1.807) is 12.1 Å². The van der Waals surface area contributed by atoms with Crippen LogP contribution in [0.1, 0.15) is 37.3 Å². The largest absolute Gasteiger partial charge is 0.365 e. The molecule has 0 radical (unpaired) electrons. The summed E-state index contributed by atoms with van der Waals surface area (Å²) in [5.41, 5.74) is 2.43. The Kier molecular flexibility index (Phi) is 3.48. The molecule has 0 amide bonds. The number of hydrogen-bond acceptors (Lipinski definition) is 4. The molecule has 5 rings (SSSR count). The number of nitrogens with one attached hydrogen (secondary N) is 1. The summed E-state index contributed by atoms with van der Waals surface area (Å²) in [5.74, 6) is 3.67. The van der Waals surface area contributed by atoms with Gasteiger partial charge in [-0.2, -0.15) is 0 Å². The maximum absolute atomic E-state index is 13.3. The van der Waals surface area contributed by atoms with Gasteiger partial charge in [-0.1, -0.05) is 0 Å². The lowest BCUT2D eigenvalue weighted by atomic mass is 10.1. The Bertz CT molecular complexity index is 958. The molecule has 6 heteroatoms. The van der Waals surface area contributed by atoms with E-state index >= 15 is 0 Å². The molecule has 5 nitrogen and oxygen atoms in total. The molecule has 2 saturated carbocycles. The number of imidazole rings is 1. The second kappa shape index (κ2) is 5.76. The van der Waals surface area contributed by atoms with Crippen LogP contribution in [-0.4, -0.2) is 25.6 Å². The summed E-state index contributed by atoms with van der Waals surface area (Å²) in [6.45, 7) is 3.86. The third-order valence-corrected chi connectivity index (χ3v) is 5.43. The van der Waals surface area contributed by atoms with Crippen LogP contribution in [0.3, 0.4) is 0 Å². The zero-order valence-electron chi connectivity index (χ0n) is 15.0. The van der Waals surface area contributed by atoms with Crippen molar-refractivity contribution in [3.05, 3.63) is 41.7 Å². The Morgan fingerprint density at radius 2 is 1.65 bits per heavy atom. The van der Waals surface area contributed by atoms with Gasteiger partial charge in [-0.3, -0.25) is 4.57 Å². The first kappa shape index (κ1) is 15.7. The maximum atomic E-state index is 13.3. The molecule has 2 aromatic heterocycles. The van der Waals surface area contributed by atoms with E-state index in [4.69, 9.17) is 4.98 Å². The topological polar surface area (TPSA) is 55.6 Å². The van der Waals surface area contributed by atoms with Crippen molar-refractivity contribution in [2.24, 2.45) is 11.8 Å². The number of benzene rings is 1. The van der Waals surface area contributed by atoms with Gasteiger partial charge in [0.25, 0.3) is 0 Å². The average molecular weight is 351 g/mol. The summed E-state index contributed by atoms with van der Waals surface area (Å²) < 4.78 is 15.3. The third-order valence-electron chi connectivity index (χ3n) is 5.43. The van der Waals surface area contributed by atoms with Gasteiger partial charge >= 0.3 is 0 Å². The number of fused-ring (bicyclic) bond motifs is 1. The molecule has 0 aliphatic heterocycles. The SMILES string of the molecule is Cc1nc(NC(C2CC2)C2CC2)c2nc(C)n(-c3ccc(F)cc3)c2n1. The second-order valence-corrected chi connectivity index (χ2v) is 7.61. The Morgan fingerprint density at radius 3 is 2.27 bits per heavy atom. The minimum Gasteiger partial charge on any atom is -0.365 e. The van der Waals surface area contributed by atoms with Crippen LogP contribution in [-0.2, 0) is 0 Å². The Balaban J connectivity index is 1.61. The molecule has 26 heavy (non-hydrogen) atoms. The minimum atomic E-state index is -0.249. The second-order valence-electron chi connectivity index (χ2n) is 7.61. The Morgan fingerprint density at radius 1 is 1.00 bits per heavy atom. The van der Waals surface area contributed by atoms with Crippen LogP contribution in [0.15, 0.2) is 24.3 Å². The van der Waals surface area contributed by atoms with Crippen LogP contribution in [0.2, 0.25) is 0 Å². The predicted octanol–water partition coefficient (Wildman–Crippen LogP) is 4.17. The predicted molar refractivity (Wildman–Crippen MR) is 99.0 cm³/mol. The lowest BCUT2D eigenvalue weighted by Gasteiger charge is -2.18. The number of hydrogen-bond donors (Lipinski definition) is 1. The first-order valence-electron chi connectivity index (χ1n) is 9.36. The van der Waals surface area contributed by atoms with Crippen molar-refractivity contribution in [1.82, 2.24) is 19.5 Å². The quantitative estimate of drug-likeness (QED) is 0.749. The molecule has 1 aromatic carbocycles. The zero-order valence-corrected chi connectivity index (χ0v) is 15.0. The summed E-state index contributed by atoms with van der Waals surface area (Å²) in [7, 11) is 0. The molecule has 0 bridgehead atoms. The van der Waals surface area contributed by atoms with Crippen molar-refractivity contribution in [3.63, 3.8) is 0 Å². The molecule has 1 N–H and O–H groups in total. The summed E-state index contributed by atoms with van der Waals surface area (Å²) in [5, 5.41) is 3.70. The van der Waals surface area contributed by atoms with Gasteiger partial charge in [0, 0.05) is 11.7 Å². The number of rotatable bonds is 5. The van der Waals surface area contributed by atoms with Crippen LogP contribution < -0.4 is 5.32 Å². The van der Waals surface area contributed by atoms with E-state index in [2.05, 4.69) is 15.3 Å². The molecule has 134 valence electrons. The molecule has 2 fully saturated rings. The highest BCUT2D eigenvalue weighted by molar-refractivity contribution is 5.85. The fourth-order valence-corrected chi connectivity index (χ4v) is 3.86. The maximum Gasteiger partial charge on any atom is 0.170 e. The summed E-state index contributed by atoms with van der Waals surface area (Å²) in [6, 6.07) is 6.94. The van der Waals surface area contributed by atoms with Crippen molar-refractivity contribution in [2.45, 2.75) is 45.6 Å². The lowest BCUT2D eigenvalue weighted by molar-refractivity contribution is 0.566. The van der Waals surface area contributed by atoms with Crippen LogP contribution >= 0.6 is 0 Å². The summed E-state index contributed by atoms with van der Waals surface area (Å²) in [6.07, 6.45) is 5.24. The molecule has 2 aliphatic carbocycles. The van der Waals surface area contributed by atoms with Gasteiger partial charge in [0.05, 0.1) is 0 Å². The minimum absolute atomic E-state index is 0.249. The lowest BCUT2D eigenvalue weighted by Crippen LogP contribution is -2.25. The molecule has 2 heterocycles. The molecule has 0 saturated heterocycles. The molecule has 0 unspecified atom stereocenters. The number of halogens is 1. The normalized spacial score (nSPS) is 17.2. The molecular weight excluding hydrogens is 329 g/mol. The van der Waals surface area contributed by atoms with Gasteiger partial charge < -0.3 is 5.32 Å². The van der Waals surface area contributed by atoms with Gasteiger partial charge in [0.1, 0.15) is 17.5 Å². The van der Waals surface area contributed by atoms with E-state index in [0.29, 0.717) is 11.9 Å². The van der Waals surface area contributed by atoms with Crippen LogP contribution in [0, 0.1) is 31.5 Å². The highest BCUT2D eigenvalue weighted by Gasteiger charge is 2.42. The van der Waals surface area contributed by atoms with E-state index in [-0.39, 0.29) is 5.82 Å². The van der Waals surface area contributed by atoms with Crippen molar-refractivity contribution in [3.8, 4) is 5.69 Å². The van der Waals surface area contributed by atoms with Gasteiger partial charge in [-0.25, -0.2) is 19.3 Å². The van der Waals surface area contributed by atoms with Crippen LogP contribution in [0.5, 0.6) is 0 Å². The number of nitrogens with zero attached hydrogens (tertiary/aromatic N) is 4. The molecule has 3 aromatic rings. The zero-order chi connectivity index (χ0) is 17.8. The fraction of sp³-hybridized carbons (Fsp3) is 0.450. The molecule has 2 aliphatic rings. The monoisotopic (exact) mass is 351 g/mol. The number of aryl methyl sites for hydroxylation is 2. The standard InChI is InChI=1S/C20H22FN5/c1-11-22-19(25-17(13-3-4-13)14-5-6-14)18-20(23-11)26(12(2)24-18)16-9-7-15(21)8-10-16/h7-10,13-14,17H,3-6H2,1-2H3,(H,22,23,25). The molecule has 0 spiro atoms. The van der Waals surface area contributed by atoms with Crippen molar-refractivity contribution in [1.29, 1.82) is 0 Å². The van der Waals surface area contributed by atoms with E-state index in [0.717, 1.165) is 40.3 Å². The molecular formula is C20H22FN5. The first-order valence-corrected chi connectivity index (χ1v) is 9.36. The molecule has 0 atom stereocenters. The summed E-state index contributed by atoms with van der Waals surface area (Å²) in [4.78, 5) is 14.1. The Labute approximate surface area is 151 Å². The summed E-state index contributed by atoms with van der Waals surface area (Å²) >= 11 is 0. The highest BCUT2D eigenvalue weighted by Crippen LogP contribution is 2.46. The fourth-order valence-electron chi connectivity index (χ4n) is 3.86. The van der Waals surface area contributed by atoms with Gasteiger partial charge in [0.15, 0.2) is 17.0 Å². The van der Waals surface area contributed by atoms with Crippen molar-refractivity contribution in [2.75, 3.05) is 5.32 Å². The van der Waals surface area contributed by atoms with E-state index < -0.39 is 0 Å². The smallest absolute Gasteiger partial charge is 0.170 e. The van der Waals surface area contributed by atoms with Crippen LogP contribution in [0.25, 0.3) is 16.9 Å². The highest BCUT2D eigenvalue weighted by atomic mass is 19.1. The Hall–Kier alpha value is -2.50. The van der Waals surface area contributed by atoms with Crippen LogP contribution in [0.4, 0.5) is 10.2 Å². The van der Waals surface area contributed by atoms with Gasteiger partial charge in [-0.15, -0.1) is 0 Å². The van der Waals surface area contributed by atoms with Gasteiger partial charge in [-0.05, 0) is 75.6 Å². The van der Waals surface area contributed by atoms with E-state index in [1.807, 2.05) is 18.4 Å². The average Bonchev–Trinajstić information content (AvgIpc) is 3.52.